The van der Waals surface area contributed by atoms with Gasteiger partial charge in [-0.2, -0.15) is 0 Å². The summed E-state index contributed by atoms with van der Waals surface area (Å²) in [6, 6.07) is 20.3. The highest BCUT2D eigenvalue weighted by molar-refractivity contribution is 5.94. The summed E-state index contributed by atoms with van der Waals surface area (Å²) < 4.78 is 0. The number of amides is 3. The average molecular weight is 472 g/mol. The Balaban J connectivity index is 1.32. The van der Waals surface area contributed by atoms with Crippen LogP contribution in [0.3, 0.4) is 0 Å². The van der Waals surface area contributed by atoms with Crippen LogP contribution in [0.4, 0.5) is 10.5 Å². The molecule has 3 amide bonds. The van der Waals surface area contributed by atoms with Crippen molar-refractivity contribution in [3.8, 4) is 11.1 Å². The predicted molar refractivity (Wildman–Crippen MR) is 139 cm³/mol. The van der Waals surface area contributed by atoms with Crippen LogP contribution in [0.25, 0.3) is 11.1 Å². The molecule has 7 nitrogen and oxygen atoms in total. The minimum atomic E-state index is -0.699. The summed E-state index contributed by atoms with van der Waals surface area (Å²) in [6.07, 6.45) is 7.18. The Morgan fingerprint density at radius 1 is 0.914 bits per heavy atom. The molecule has 182 valence electrons. The maximum atomic E-state index is 12.9. The number of carbonyl (C=O) groups excluding carboxylic acids is 2. The first-order valence-corrected chi connectivity index (χ1v) is 12.3. The maximum absolute atomic E-state index is 12.9. The summed E-state index contributed by atoms with van der Waals surface area (Å²) in [5, 5.41) is 8.68. The predicted octanol–water partition coefficient (Wildman–Crippen LogP) is 4.08. The number of rotatable bonds is 10. The number of benzene rings is 2. The van der Waals surface area contributed by atoms with Gasteiger partial charge in [0.25, 0.3) is 0 Å². The van der Waals surface area contributed by atoms with Gasteiger partial charge in [-0.25, -0.2) is 4.79 Å². The quantitative estimate of drug-likeness (QED) is 0.389. The SMILES string of the molecule is O=C(Nc1ccc(-c2ccccc2)cc1)N[C@@H](Cc1cccnc1)C(=O)NCCCN1CCCC1. The summed E-state index contributed by atoms with van der Waals surface area (Å²) in [7, 11) is 0. The van der Waals surface area contributed by atoms with E-state index in [1.165, 1.54) is 12.8 Å². The van der Waals surface area contributed by atoms with E-state index in [9.17, 15) is 9.59 Å². The fourth-order valence-electron chi connectivity index (χ4n) is 4.31. The van der Waals surface area contributed by atoms with Gasteiger partial charge in [-0.1, -0.05) is 48.5 Å². The van der Waals surface area contributed by atoms with Crippen molar-refractivity contribution in [2.75, 3.05) is 31.5 Å². The van der Waals surface area contributed by atoms with Gasteiger partial charge in [0, 0.05) is 31.0 Å². The first-order valence-electron chi connectivity index (χ1n) is 12.3. The maximum Gasteiger partial charge on any atom is 0.319 e. The highest BCUT2D eigenvalue weighted by Gasteiger charge is 2.21. The van der Waals surface area contributed by atoms with Crippen LogP contribution in [-0.4, -0.2) is 54.0 Å². The Labute approximate surface area is 207 Å². The van der Waals surface area contributed by atoms with Crippen LogP contribution in [0.2, 0.25) is 0 Å². The number of likely N-dealkylation sites (tertiary alicyclic amines) is 1. The van der Waals surface area contributed by atoms with E-state index < -0.39 is 12.1 Å². The molecule has 2 heterocycles. The lowest BCUT2D eigenvalue weighted by atomic mass is 10.1. The second-order valence-corrected chi connectivity index (χ2v) is 8.85. The van der Waals surface area contributed by atoms with Crippen molar-refractivity contribution in [1.82, 2.24) is 20.5 Å². The largest absolute Gasteiger partial charge is 0.354 e. The van der Waals surface area contributed by atoms with Crippen LogP contribution in [0.5, 0.6) is 0 Å². The van der Waals surface area contributed by atoms with E-state index in [1.54, 1.807) is 12.4 Å². The number of carbonyl (C=O) groups is 2. The van der Waals surface area contributed by atoms with E-state index in [4.69, 9.17) is 0 Å². The minimum Gasteiger partial charge on any atom is -0.354 e. The fraction of sp³-hybridized carbons (Fsp3) is 0.321. The molecule has 3 aromatic rings. The van der Waals surface area contributed by atoms with Crippen LogP contribution >= 0.6 is 0 Å². The van der Waals surface area contributed by atoms with Gasteiger partial charge >= 0.3 is 6.03 Å². The molecule has 35 heavy (non-hydrogen) atoms. The van der Waals surface area contributed by atoms with Crippen LogP contribution < -0.4 is 16.0 Å². The third kappa shape index (κ3) is 7.65. The number of hydrogen-bond acceptors (Lipinski definition) is 4. The number of pyridine rings is 1. The molecule has 4 rings (SSSR count). The topological polar surface area (TPSA) is 86.4 Å². The number of nitrogens with zero attached hydrogens (tertiary/aromatic N) is 2. The van der Waals surface area contributed by atoms with E-state index >= 15 is 0 Å². The first kappa shape index (κ1) is 24.4. The van der Waals surface area contributed by atoms with Gasteiger partial charge in [0.2, 0.25) is 5.91 Å². The molecule has 1 fully saturated rings. The van der Waals surface area contributed by atoms with Crippen molar-refractivity contribution >= 4 is 17.6 Å². The third-order valence-corrected chi connectivity index (χ3v) is 6.18. The van der Waals surface area contributed by atoms with E-state index in [0.717, 1.165) is 42.7 Å². The lowest BCUT2D eigenvalue weighted by Crippen LogP contribution is -2.49. The minimum absolute atomic E-state index is 0.190. The van der Waals surface area contributed by atoms with Gasteiger partial charge in [0.1, 0.15) is 6.04 Å². The van der Waals surface area contributed by atoms with E-state index in [-0.39, 0.29) is 5.91 Å². The number of anilines is 1. The Bertz CT molecular complexity index is 1070. The Morgan fingerprint density at radius 3 is 2.37 bits per heavy atom. The average Bonchev–Trinajstić information content (AvgIpc) is 3.41. The molecule has 1 saturated heterocycles. The Hall–Kier alpha value is -3.71. The lowest BCUT2D eigenvalue weighted by Gasteiger charge is -2.20. The molecular formula is C28H33N5O2. The van der Waals surface area contributed by atoms with Crippen molar-refractivity contribution < 1.29 is 9.59 Å². The summed E-state index contributed by atoms with van der Waals surface area (Å²) >= 11 is 0. The van der Waals surface area contributed by atoms with Gasteiger partial charge in [-0.15, -0.1) is 0 Å². The zero-order valence-electron chi connectivity index (χ0n) is 20.0. The molecule has 0 spiro atoms. The molecule has 3 N–H and O–H groups in total. The van der Waals surface area contributed by atoms with Gasteiger partial charge in [0.05, 0.1) is 0 Å². The zero-order chi connectivity index (χ0) is 24.3. The van der Waals surface area contributed by atoms with E-state index in [0.29, 0.717) is 18.7 Å². The molecule has 1 aromatic heterocycles. The number of nitrogens with one attached hydrogen (secondary N) is 3. The van der Waals surface area contributed by atoms with Crippen LogP contribution in [-0.2, 0) is 11.2 Å². The molecular weight excluding hydrogens is 438 g/mol. The first-order chi connectivity index (χ1) is 17.2. The molecule has 0 aliphatic carbocycles. The summed E-state index contributed by atoms with van der Waals surface area (Å²) in [6.45, 7) is 3.86. The molecule has 0 radical (unpaired) electrons. The molecule has 2 aromatic carbocycles. The molecule has 0 unspecified atom stereocenters. The van der Waals surface area contributed by atoms with Crippen molar-refractivity contribution in [3.63, 3.8) is 0 Å². The molecule has 1 aliphatic rings. The third-order valence-electron chi connectivity index (χ3n) is 6.18. The van der Waals surface area contributed by atoms with Gasteiger partial charge in [0.15, 0.2) is 0 Å². The number of hydrogen-bond donors (Lipinski definition) is 3. The van der Waals surface area contributed by atoms with Crippen LogP contribution in [0, 0.1) is 0 Å². The molecule has 1 aliphatic heterocycles. The van der Waals surface area contributed by atoms with Gasteiger partial charge in [-0.05, 0) is 73.8 Å². The molecule has 0 bridgehead atoms. The monoisotopic (exact) mass is 471 g/mol. The summed E-state index contributed by atoms with van der Waals surface area (Å²) in [4.78, 5) is 32.3. The normalized spacial score (nSPS) is 14.3. The molecule has 7 heteroatoms. The Kier molecular flexibility index (Phi) is 8.84. The second-order valence-electron chi connectivity index (χ2n) is 8.85. The van der Waals surface area contributed by atoms with Crippen LogP contribution in [0.15, 0.2) is 79.1 Å². The highest BCUT2D eigenvalue weighted by Crippen LogP contribution is 2.21. The smallest absolute Gasteiger partial charge is 0.319 e. The Morgan fingerprint density at radius 2 is 1.66 bits per heavy atom. The van der Waals surface area contributed by atoms with E-state index in [2.05, 4.69) is 25.8 Å². The number of urea groups is 1. The van der Waals surface area contributed by atoms with Crippen molar-refractivity contribution in [3.05, 3.63) is 84.7 Å². The number of aromatic nitrogens is 1. The zero-order valence-corrected chi connectivity index (χ0v) is 20.0. The fourth-order valence-corrected chi connectivity index (χ4v) is 4.31. The van der Waals surface area contributed by atoms with Crippen molar-refractivity contribution in [1.29, 1.82) is 0 Å². The summed E-state index contributed by atoms with van der Waals surface area (Å²) in [5.41, 5.74) is 3.73. The standard InChI is InChI=1S/C28H33N5O2/c34-27(30-16-7-19-33-17-4-5-18-33)26(20-22-8-6-15-29-21-22)32-28(35)31-25-13-11-24(12-14-25)23-9-2-1-3-10-23/h1-3,6,8-15,21,26H,4-5,7,16-20H2,(H,30,34)(H2,31,32,35)/t26-/m0/s1. The van der Waals surface area contributed by atoms with Gasteiger partial charge in [-0.3, -0.25) is 9.78 Å². The summed E-state index contributed by atoms with van der Waals surface area (Å²) in [5.74, 6) is -0.190. The molecule has 1 atom stereocenters. The van der Waals surface area contributed by atoms with Crippen molar-refractivity contribution in [2.24, 2.45) is 0 Å². The van der Waals surface area contributed by atoms with Crippen molar-refractivity contribution in [2.45, 2.75) is 31.7 Å². The second kappa shape index (κ2) is 12.7. The lowest BCUT2D eigenvalue weighted by molar-refractivity contribution is -0.122. The highest BCUT2D eigenvalue weighted by atomic mass is 16.2. The van der Waals surface area contributed by atoms with E-state index in [1.807, 2.05) is 66.7 Å². The van der Waals surface area contributed by atoms with Gasteiger partial charge < -0.3 is 20.9 Å². The molecule has 0 saturated carbocycles. The van der Waals surface area contributed by atoms with Crippen LogP contribution in [0.1, 0.15) is 24.8 Å².